The van der Waals surface area contributed by atoms with E-state index in [1.54, 1.807) is 12.1 Å². The Labute approximate surface area is 210 Å². The highest BCUT2D eigenvalue weighted by Crippen LogP contribution is 2.44. The van der Waals surface area contributed by atoms with Crippen molar-refractivity contribution in [2.45, 2.75) is 22.5 Å². The molecule has 2 aliphatic rings. The number of Topliss-reactive ketones (excluding diaryl/α,β-unsaturated/α-hetero) is 1. The number of ketones is 1. The van der Waals surface area contributed by atoms with Gasteiger partial charge in [-0.15, -0.1) is 0 Å². The lowest BCUT2D eigenvalue weighted by Gasteiger charge is -2.29. The number of rotatable bonds is 6. The summed E-state index contributed by atoms with van der Waals surface area (Å²) in [6.07, 6.45) is 0.996. The van der Waals surface area contributed by atoms with Gasteiger partial charge in [-0.1, -0.05) is 44.0 Å². The lowest BCUT2D eigenvalue weighted by atomic mass is 9.81. The van der Waals surface area contributed by atoms with Crippen LogP contribution >= 0.6 is 31.9 Å². The minimum atomic E-state index is -0.863. The van der Waals surface area contributed by atoms with Gasteiger partial charge in [-0.05, 0) is 37.1 Å². The van der Waals surface area contributed by atoms with Gasteiger partial charge in [-0.3, -0.25) is 24.5 Å². The number of hydrogen-bond donors (Lipinski definition) is 0. The van der Waals surface area contributed by atoms with E-state index < -0.39 is 35.1 Å². The van der Waals surface area contributed by atoms with Gasteiger partial charge in [-0.2, -0.15) is 0 Å². The second kappa shape index (κ2) is 9.75. The molecule has 0 N–H and O–H groups in total. The molecule has 1 aliphatic heterocycles. The van der Waals surface area contributed by atoms with Crippen LogP contribution in [0.5, 0.6) is 0 Å². The molecule has 0 radical (unpaired) electrons. The van der Waals surface area contributed by atoms with Crippen LogP contribution in [0.3, 0.4) is 0 Å². The molecule has 0 spiro atoms. The van der Waals surface area contributed by atoms with E-state index in [0.29, 0.717) is 12.8 Å². The molecule has 4 atom stereocenters. The Morgan fingerprint density at radius 3 is 2.09 bits per heavy atom. The van der Waals surface area contributed by atoms with Crippen molar-refractivity contribution in [1.82, 2.24) is 0 Å². The van der Waals surface area contributed by atoms with Crippen molar-refractivity contribution < 1.29 is 28.8 Å². The molecule has 1 aliphatic carbocycles. The fraction of sp³-hybridized carbons (Fsp3) is 0.304. The molecule has 2 aromatic carbocycles. The lowest BCUT2D eigenvalue weighted by Crippen LogP contribution is -2.34. The maximum atomic E-state index is 13.1. The van der Waals surface area contributed by atoms with Crippen LogP contribution < -0.4 is 4.90 Å². The number of ether oxygens (including phenoxy) is 1. The SMILES string of the molecule is O=C(COC(=O)c1ccccc1N1C(=O)C2CC(Br)C(Br)CC2C1=O)c1ccc([N+](=O)[O-])cc1. The van der Waals surface area contributed by atoms with E-state index in [4.69, 9.17) is 4.74 Å². The first kappa shape index (κ1) is 24.2. The van der Waals surface area contributed by atoms with Crippen LogP contribution in [0.25, 0.3) is 0 Å². The number of benzene rings is 2. The van der Waals surface area contributed by atoms with Crippen molar-refractivity contribution in [2.75, 3.05) is 11.5 Å². The van der Waals surface area contributed by atoms with Gasteiger partial charge >= 0.3 is 5.97 Å². The Morgan fingerprint density at radius 1 is 0.971 bits per heavy atom. The highest BCUT2D eigenvalue weighted by molar-refractivity contribution is 9.12. The quantitative estimate of drug-likeness (QED) is 0.123. The fourth-order valence-corrected chi connectivity index (χ4v) is 5.47. The van der Waals surface area contributed by atoms with Crippen LogP contribution in [-0.2, 0) is 14.3 Å². The second-order valence-electron chi connectivity index (χ2n) is 8.05. The summed E-state index contributed by atoms with van der Waals surface area (Å²) in [4.78, 5) is 62.7. The maximum Gasteiger partial charge on any atom is 0.340 e. The van der Waals surface area contributed by atoms with Gasteiger partial charge in [0.25, 0.3) is 5.69 Å². The maximum absolute atomic E-state index is 13.1. The number of para-hydroxylation sites is 1. The Bertz CT molecular complexity index is 1160. The topological polar surface area (TPSA) is 124 Å². The Kier molecular flexibility index (Phi) is 6.94. The van der Waals surface area contributed by atoms with Crippen molar-refractivity contribution in [3.8, 4) is 0 Å². The predicted octanol–water partition coefficient (Wildman–Crippen LogP) is 4.06. The largest absolute Gasteiger partial charge is 0.454 e. The third kappa shape index (κ3) is 4.54. The standard InChI is InChI=1S/C23H18Br2N2O7/c24-17-9-15-16(10-18(17)25)22(30)26(21(15)29)19-4-2-1-3-14(19)23(31)34-11-20(28)12-5-7-13(8-6-12)27(32)33/h1-8,15-18H,9-11H2. The van der Waals surface area contributed by atoms with Crippen molar-refractivity contribution in [3.05, 3.63) is 69.8 Å². The number of esters is 1. The summed E-state index contributed by atoms with van der Waals surface area (Å²) >= 11 is 7.09. The lowest BCUT2D eigenvalue weighted by molar-refractivity contribution is -0.384. The van der Waals surface area contributed by atoms with Crippen LogP contribution in [0.2, 0.25) is 0 Å². The summed E-state index contributed by atoms with van der Waals surface area (Å²) < 4.78 is 5.16. The molecule has 34 heavy (non-hydrogen) atoms. The number of carbonyl (C=O) groups is 4. The molecule has 176 valence electrons. The summed E-state index contributed by atoms with van der Waals surface area (Å²) in [5, 5.41) is 10.8. The van der Waals surface area contributed by atoms with Gasteiger partial charge in [0.1, 0.15) is 0 Å². The summed E-state index contributed by atoms with van der Waals surface area (Å²) in [7, 11) is 0. The zero-order valence-corrected chi connectivity index (χ0v) is 20.7. The molecule has 1 saturated carbocycles. The first-order chi connectivity index (χ1) is 16.2. The van der Waals surface area contributed by atoms with E-state index in [2.05, 4.69) is 31.9 Å². The molecule has 4 unspecified atom stereocenters. The van der Waals surface area contributed by atoms with Crippen LogP contribution in [0.15, 0.2) is 48.5 Å². The molecular formula is C23H18Br2N2O7. The molecule has 9 nitrogen and oxygen atoms in total. The normalized spacial score (nSPS) is 24.0. The van der Waals surface area contributed by atoms with Crippen molar-refractivity contribution in [1.29, 1.82) is 0 Å². The van der Waals surface area contributed by atoms with Crippen molar-refractivity contribution in [2.24, 2.45) is 11.8 Å². The Balaban J connectivity index is 1.50. The van der Waals surface area contributed by atoms with E-state index in [0.717, 1.165) is 4.90 Å². The third-order valence-electron chi connectivity index (χ3n) is 6.01. The number of hydrogen-bond acceptors (Lipinski definition) is 7. The van der Waals surface area contributed by atoms with Crippen molar-refractivity contribution >= 4 is 66.8 Å². The van der Waals surface area contributed by atoms with Gasteiger partial charge in [0.15, 0.2) is 12.4 Å². The molecule has 2 amide bonds. The van der Waals surface area contributed by atoms with Crippen LogP contribution in [0, 0.1) is 22.0 Å². The minimum Gasteiger partial charge on any atom is -0.454 e. The Morgan fingerprint density at radius 2 is 1.53 bits per heavy atom. The Hall–Kier alpha value is -2.92. The van der Waals surface area contributed by atoms with Gasteiger partial charge < -0.3 is 4.74 Å². The average Bonchev–Trinajstić information content (AvgIpc) is 3.06. The molecule has 0 bridgehead atoms. The van der Waals surface area contributed by atoms with Gasteiger partial charge in [-0.25, -0.2) is 9.69 Å². The zero-order valence-electron chi connectivity index (χ0n) is 17.6. The summed E-state index contributed by atoms with van der Waals surface area (Å²) in [6.45, 7) is -0.603. The number of alkyl halides is 2. The van der Waals surface area contributed by atoms with E-state index in [1.165, 1.54) is 36.4 Å². The highest BCUT2D eigenvalue weighted by atomic mass is 79.9. The predicted molar refractivity (Wildman–Crippen MR) is 128 cm³/mol. The summed E-state index contributed by atoms with van der Waals surface area (Å²) in [6, 6.07) is 11.0. The number of non-ortho nitro benzene ring substituents is 1. The molecule has 1 heterocycles. The van der Waals surface area contributed by atoms with E-state index in [1.807, 2.05) is 0 Å². The third-order valence-corrected chi connectivity index (χ3v) is 8.74. The van der Waals surface area contributed by atoms with Crippen molar-refractivity contribution in [3.63, 3.8) is 0 Å². The fourth-order valence-electron chi connectivity index (χ4n) is 4.24. The van der Waals surface area contributed by atoms with Crippen LogP contribution in [-0.4, -0.2) is 44.8 Å². The summed E-state index contributed by atoms with van der Waals surface area (Å²) in [5.41, 5.74) is 0.0943. The van der Waals surface area contributed by atoms with Gasteiger partial charge in [0.05, 0.1) is 28.0 Å². The molecule has 4 rings (SSSR count). The molecule has 0 aromatic heterocycles. The number of halogens is 2. The molecular weight excluding hydrogens is 576 g/mol. The number of nitro benzene ring substituents is 1. The number of anilines is 1. The number of nitro groups is 1. The van der Waals surface area contributed by atoms with E-state index in [9.17, 15) is 29.3 Å². The number of nitrogens with zero attached hydrogens (tertiary/aromatic N) is 2. The van der Waals surface area contributed by atoms with E-state index >= 15 is 0 Å². The number of amides is 2. The summed E-state index contributed by atoms with van der Waals surface area (Å²) in [5.74, 6) is -3.08. The minimum absolute atomic E-state index is 0.00914. The van der Waals surface area contributed by atoms with Crippen LogP contribution in [0.4, 0.5) is 11.4 Å². The number of fused-ring (bicyclic) bond motifs is 1. The van der Waals surface area contributed by atoms with Gasteiger partial charge in [0.2, 0.25) is 11.8 Å². The molecule has 2 aromatic rings. The number of carbonyl (C=O) groups excluding carboxylic acids is 4. The first-order valence-electron chi connectivity index (χ1n) is 10.4. The first-order valence-corrected chi connectivity index (χ1v) is 12.2. The van der Waals surface area contributed by atoms with E-state index in [-0.39, 0.29) is 44.0 Å². The van der Waals surface area contributed by atoms with Gasteiger partial charge in [0, 0.05) is 27.4 Å². The zero-order chi connectivity index (χ0) is 24.6. The highest BCUT2D eigenvalue weighted by Gasteiger charge is 2.52. The average molecular weight is 594 g/mol. The second-order valence-corrected chi connectivity index (χ2v) is 10.4. The number of imide groups is 1. The smallest absolute Gasteiger partial charge is 0.340 e. The molecule has 2 fully saturated rings. The molecule has 1 saturated heterocycles. The van der Waals surface area contributed by atoms with Crippen LogP contribution in [0.1, 0.15) is 33.6 Å². The monoisotopic (exact) mass is 592 g/mol. The molecule has 11 heteroatoms.